The third kappa shape index (κ3) is 5.23. The van der Waals surface area contributed by atoms with Crippen LogP contribution in [0.2, 0.25) is 0 Å². The van der Waals surface area contributed by atoms with Crippen LogP contribution >= 0.6 is 11.8 Å². The van der Waals surface area contributed by atoms with E-state index in [2.05, 4.69) is 22.5 Å². The van der Waals surface area contributed by atoms with Crippen LogP contribution in [0.5, 0.6) is 0 Å². The predicted molar refractivity (Wildman–Crippen MR) is 69.4 cm³/mol. The highest BCUT2D eigenvalue weighted by atomic mass is 32.2. The Balaban J connectivity index is 2.28. The summed E-state index contributed by atoms with van der Waals surface area (Å²) in [4.78, 5) is 22.7. The highest BCUT2D eigenvalue weighted by Crippen LogP contribution is 2.13. The molecule has 6 heteroatoms. The highest BCUT2D eigenvalue weighted by molar-refractivity contribution is 8.00. The van der Waals surface area contributed by atoms with Crippen LogP contribution in [0.3, 0.4) is 0 Å². The van der Waals surface area contributed by atoms with Crippen LogP contribution in [0, 0.1) is 0 Å². The van der Waals surface area contributed by atoms with E-state index in [9.17, 15) is 9.59 Å². The van der Waals surface area contributed by atoms with Crippen molar-refractivity contribution >= 4 is 23.6 Å². The Morgan fingerprint density at radius 1 is 1.71 bits per heavy atom. The third-order valence-electron chi connectivity index (χ3n) is 2.43. The van der Waals surface area contributed by atoms with Crippen molar-refractivity contribution < 1.29 is 9.59 Å². The quantitative estimate of drug-likeness (QED) is 0.594. The van der Waals surface area contributed by atoms with Crippen LogP contribution in [0.25, 0.3) is 0 Å². The molecule has 0 aromatic heterocycles. The molecule has 0 bridgehead atoms. The molecule has 1 fully saturated rings. The standard InChI is InChI=1S/C11H19N3O2S/c1-3-5-12-10(16)7-17-11-13-8(4-2)6-9(15)14-11/h3,8,11,13H,1,4-7H2,2H3,(H,12,16)(H,14,15). The third-order valence-corrected chi connectivity index (χ3v) is 3.44. The molecule has 0 aromatic rings. The Morgan fingerprint density at radius 3 is 3.12 bits per heavy atom. The zero-order valence-electron chi connectivity index (χ0n) is 9.99. The van der Waals surface area contributed by atoms with Crippen molar-refractivity contribution in [2.75, 3.05) is 12.3 Å². The molecule has 2 atom stereocenters. The lowest BCUT2D eigenvalue weighted by molar-refractivity contribution is -0.123. The second-order valence-electron chi connectivity index (χ2n) is 3.83. The second-order valence-corrected chi connectivity index (χ2v) is 4.92. The number of rotatable bonds is 6. The minimum atomic E-state index is -0.171. The van der Waals surface area contributed by atoms with E-state index in [0.717, 1.165) is 6.42 Å². The van der Waals surface area contributed by atoms with Crippen molar-refractivity contribution in [3.05, 3.63) is 12.7 Å². The number of thioether (sulfide) groups is 1. The SMILES string of the molecule is C=CCNC(=O)CSC1NC(=O)CC(CC)N1. The molecule has 2 unspecified atom stereocenters. The Morgan fingerprint density at radius 2 is 2.47 bits per heavy atom. The lowest BCUT2D eigenvalue weighted by atomic mass is 10.1. The summed E-state index contributed by atoms with van der Waals surface area (Å²) < 4.78 is 0. The minimum Gasteiger partial charge on any atom is -0.352 e. The van der Waals surface area contributed by atoms with Gasteiger partial charge < -0.3 is 10.6 Å². The smallest absolute Gasteiger partial charge is 0.230 e. The Hall–Kier alpha value is -1.01. The molecule has 1 saturated heterocycles. The zero-order chi connectivity index (χ0) is 12.7. The monoisotopic (exact) mass is 257 g/mol. The molecule has 1 aliphatic rings. The van der Waals surface area contributed by atoms with Crippen LogP contribution in [0.1, 0.15) is 19.8 Å². The molecule has 5 nitrogen and oxygen atoms in total. The van der Waals surface area contributed by atoms with Gasteiger partial charge in [-0.2, -0.15) is 0 Å². The van der Waals surface area contributed by atoms with Gasteiger partial charge in [-0.1, -0.05) is 13.0 Å². The number of carbonyl (C=O) groups is 2. The van der Waals surface area contributed by atoms with Crippen molar-refractivity contribution in [2.24, 2.45) is 0 Å². The summed E-state index contributed by atoms with van der Waals surface area (Å²) in [6.45, 7) is 6.03. The van der Waals surface area contributed by atoms with Crippen molar-refractivity contribution in [3.8, 4) is 0 Å². The van der Waals surface area contributed by atoms with E-state index in [0.29, 0.717) is 18.7 Å². The lowest BCUT2D eigenvalue weighted by Crippen LogP contribution is -2.54. The molecule has 1 heterocycles. The topological polar surface area (TPSA) is 70.2 Å². The van der Waals surface area contributed by atoms with Crippen LogP contribution in [0.4, 0.5) is 0 Å². The lowest BCUT2D eigenvalue weighted by Gasteiger charge is -2.30. The van der Waals surface area contributed by atoms with E-state index in [-0.39, 0.29) is 23.4 Å². The van der Waals surface area contributed by atoms with Crippen molar-refractivity contribution in [2.45, 2.75) is 31.3 Å². The van der Waals surface area contributed by atoms with Crippen LogP contribution in [-0.2, 0) is 9.59 Å². The van der Waals surface area contributed by atoms with Crippen molar-refractivity contribution in [3.63, 3.8) is 0 Å². The first-order valence-electron chi connectivity index (χ1n) is 5.70. The number of carbonyl (C=O) groups excluding carboxylic acids is 2. The number of amides is 2. The summed E-state index contributed by atoms with van der Waals surface area (Å²) in [7, 11) is 0. The van der Waals surface area contributed by atoms with E-state index in [1.165, 1.54) is 11.8 Å². The van der Waals surface area contributed by atoms with Gasteiger partial charge in [0.15, 0.2) is 0 Å². The summed E-state index contributed by atoms with van der Waals surface area (Å²) in [5.41, 5.74) is -0.171. The van der Waals surface area contributed by atoms with Gasteiger partial charge in [0.05, 0.1) is 5.75 Å². The summed E-state index contributed by atoms with van der Waals surface area (Å²) >= 11 is 1.39. The number of hydrogen-bond acceptors (Lipinski definition) is 4. The molecule has 0 radical (unpaired) electrons. The van der Waals surface area contributed by atoms with Gasteiger partial charge in [-0.05, 0) is 6.42 Å². The molecule has 0 aliphatic carbocycles. The first-order valence-corrected chi connectivity index (χ1v) is 6.75. The predicted octanol–water partition coefficient (Wildman–Crippen LogP) is 0.194. The maximum Gasteiger partial charge on any atom is 0.230 e. The van der Waals surface area contributed by atoms with Crippen LogP contribution < -0.4 is 16.0 Å². The van der Waals surface area contributed by atoms with E-state index in [1.54, 1.807) is 6.08 Å². The van der Waals surface area contributed by atoms with Gasteiger partial charge in [0, 0.05) is 19.0 Å². The number of nitrogens with one attached hydrogen (secondary N) is 3. The average molecular weight is 257 g/mol. The molecule has 0 aromatic carbocycles. The molecule has 1 aliphatic heterocycles. The van der Waals surface area contributed by atoms with E-state index < -0.39 is 0 Å². The first-order chi connectivity index (χ1) is 8.15. The van der Waals surface area contributed by atoms with Gasteiger partial charge in [0.2, 0.25) is 11.8 Å². The summed E-state index contributed by atoms with van der Waals surface area (Å²) in [6.07, 6.45) is 3.06. The molecule has 0 spiro atoms. The van der Waals surface area contributed by atoms with E-state index in [1.807, 2.05) is 6.92 Å². The van der Waals surface area contributed by atoms with E-state index >= 15 is 0 Å². The Bertz CT molecular complexity index is 296. The summed E-state index contributed by atoms with van der Waals surface area (Å²) in [5.74, 6) is 0.312. The van der Waals surface area contributed by atoms with Gasteiger partial charge in [0.25, 0.3) is 0 Å². The second kappa shape index (κ2) is 7.34. The average Bonchev–Trinajstić information content (AvgIpc) is 2.33. The number of hydrogen-bond donors (Lipinski definition) is 3. The molecule has 1 rings (SSSR count). The minimum absolute atomic E-state index is 0.0413. The van der Waals surface area contributed by atoms with Gasteiger partial charge in [0.1, 0.15) is 5.50 Å². The molecule has 3 N–H and O–H groups in total. The van der Waals surface area contributed by atoms with Crippen molar-refractivity contribution in [1.82, 2.24) is 16.0 Å². The van der Waals surface area contributed by atoms with Crippen LogP contribution in [0.15, 0.2) is 12.7 Å². The summed E-state index contributed by atoms with van der Waals surface area (Å²) in [6, 6.07) is 0.206. The maximum atomic E-state index is 11.4. The summed E-state index contributed by atoms with van der Waals surface area (Å²) in [5, 5.41) is 8.77. The fraction of sp³-hybridized carbons (Fsp3) is 0.636. The van der Waals surface area contributed by atoms with Crippen molar-refractivity contribution in [1.29, 1.82) is 0 Å². The molecule has 0 saturated carbocycles. The molecule has 2 amide bonds. The van der Waals surface area contributed by atoms with Gasteiger partial charge in [-0.25, -0.2) is 0 Å². The fourth-order valence-electron chi connectivity index (χ4n) is 1.49. The molecule has 17 heavy (non-hydrogen) atoms. The van der Waals surface area contributed by atoms with E-state index in [4.69, 9.17) is 0 Å². The van der Waals surface area contributed by atoms with Crippen LogP contribution in [-0.4, -0.2) is 35.7 Å². The zero-order valence-corrected chi connectivity index (χ0v) is 10.8. The highest BCUT2D eigenvalue weighted by Gasteiger charge is 2.24. The molecule has 96 valence electrons. The maximum absolute atomic E-state index is 11.4. The first kappa shape index (κ1) is 14.1. The normalized spacial score (nSPS) is 23.9. The molecular weight excluding hydrogens is 238 g/mol. The molecular formula is C11H19N3O2S. The Kier molecular flexibility index (Phi) is 6.07. The fourth-order valence-corrected chi connectivity index (χ4v) is 2.42. The van der Waals surface area contributed by atoms with Gasteiger partial charge >= 0.3 is 0 Å². The Labute approximate surface area is 106 Å². The van der Waals surface area contributed by atoms with Gasteiger partial charge in [-0.3, -0.25) is 14.9 Å². The van der Waals surface area contributed by atoms with Gasteiger partial charge in [-0.15, -0.1) is 18.3 Å². The largest absolute Gasteiger partial charge is 0.352 e.